The van der Waals surface area contributed by atoms with Gasteiger partial charge in [-0.25, -0.2) is 4.39 Å². The van der Waals surface area contributed by atoms with Crippen LogP contribution in [0.25, 0.3) is 11.3 Å². The van der Waals surface area contributed by atoms with Gasteiger partial charge in [-0.3, -0.25) is 14.6 Å². The number of likely N-dealkylation sites (tertiary alicyclic amines) is 1. The van der Waals surface area contributed by atoms with Gasteiger partial charge in [-0.1, -0.05) is 28.9 Å². The molecule has 0 radical (unpaired) electrons. The lowest BCUT2D eigenvalue weighted by atomic mass is 9.88. The number of aromatic nitrogens is 4. The minimum Gasteiger partial charge on any atom is -0.444 e. The lowest BCUT2D eigenvalue weighted by Gasteiger charge is -2.32. The summed E-state index contributed by atoms with van der Waals surface area (Å²) in [5.41, 5.74) is 5.47. The molecule has 1 saturated heterocycles. The van der Waals surface area contributed by atoms with Gasteiger partial charge in [0.1, 0.15) is 11.5 Å². The standard InChI is InChI=1S/C29H29ClFN5O2/c1-18-13-20(26-16-35(3)34-33-26)15-32-25(18)17-36-11-9-19(10-12-36)22-5-4-6-27-28(22)38-29(2,37-27)23-8-7-21(30)14-24(23)31/h4-8,13-16,19H,9-12,17H2,1-3H3/t29-/m0/s1. The highest BCUT2D eigenvalue weighted by Gasteiger charge is 2.42. The molecule has 0 saturated carbocycles. The number of pyridine rings is 1. The number of halogens is 2. The van der Waals surface area contributed by atoms with Crippen LogP contribution in [0.3, 0.4) is 0 Å². The maximum atomic E-state index is 14.7. The van der Waals surface area contributed by atoms with Crippen molar-refractivity contribution in [2.24, 2.45) is 7.05 Å². The second-order valence-corrected chi connectivity index (χ2v) is 10.7. The van der Waals surface area contributed by atoms with E-state index >= 15 is 0 Å². The molecule has 1 atom stereocenters. The number of aryl methyl sites for hydroxylation is 2. The molecule has 0 aliphatic carbocycles. The van der Waals surface area contributed by atoms with Crippen molar-refractivity contribution in [1.82, 2.24) is 24.9 Å². The Morgan fingerprint density at radius 1 is 1.13 bits per heavy atom. The predicted molar refractivity (Wildman–Crippen MR) is 143 cm³/mol. The third kappa shape index (κ3) is 4.63. The van der Waals surface area contributed by atoms with Gasteiger partial charge < -0.3 is 9.47 Å². The average molecular weight is 534 g/mol. The molecule has 0 unspecified atom stereocenters. The molecular formula is C29H29ClFN5O2. The number of hydrogen-bond acceptors (Lipinski definition) is 6. The summed E-state index contributed by atoms with van der Waals surface area (Å²) in [6, 6.07) is 12.7. The summed E-state index contributed by atoms with van der Waals surface area (Å²) in [7, 11) is 1.86. The Hall–Kier alpha value is -3.49. The fourth-order valence-corrected chi connectivity index (χ4v) is 5.60. The second kappa shape index (κ2) is 9.67. The summed E-state index contributed by atoms with van der Waals surface area (Å²) >= 11 is 5.95. The van der Waals surface area contributed by atoms with Crippen LogP contribution in [-0.4, -0.2) is 38.0 Å². The molecule has 9 heteroatoms. The van der Waals surface area contributed by atoms with E-state index in [2.05, 4.69) is 34.3 Å². The van der Waals surface area contributed by atoms with Gasteiger partial charge in [0, 0.05) is 42.9 Å². The van der Waals surface area contributed by atoms with E-state index in [1.807, 2.05) is 31.6 Å². The topological polar surface area (TPSA) is 65.3 Å². The maximum absolute atomic E-state index is 14.7. The van der Waals surface area contributed by atoms with Crippen molar-refractivity contribution >= 4 is 11.6 Å². The summed E-state index contributed by atoms with van der Waals surface area (Å²) in [6.45, 7) is 6.55. The first-order valence-electron chi connectivity index (χ1n) is 12.8. The summed E-state index contributed by atoms with van der Waals surface area (Å²) in [6.07, 6.45) is 5.75. The summed E-state index contributed by atoms with van der Waals surface area (Å²) in [4.78, 5) is 7.19. The molecule has 0 spiro atoms. The first kappa shape index (κ1) is 24.8. The lowest BCUT2D eigenvalue weighted by Crippen LogP contribution is -2.34. The molecule has 1 fully saturated rings. The van der Waals surface area contributed by atoms with E-state index in [4.69, 9.17) is 26.1 Å². The molecular weight excluding hydrogens is 505 g/mol. The molecule has 38 heavy (non-hydrogen) atoms. The number of piperidine rings is 1. The van der Waals surface area contributed by atoms with Crippen LogP contribution in [0.5, 0.6) is 11.5 Å². The Bertz CT molecular complexity index is 1500. The third-order valence-corrected chi connectivity index (χ3v) is 7.75. The predicted octanol–water partition coefficient (Wildman–Crippen LogP) is 6.00. The van der Waals surface area contributed by atoms with Crippen LogP contribution < -0.4 is 9.47 Å². The van der Waals surface area contributed by atoms with Crippen molar-refractivity contribution < 1.29 is 13.9 Å². The van der Waals surface area contributed by atoms with Crippen molar-refractivity contribution in [2.45, 2.75) is 44.9 Å². The lowest BCUT2D eigenvalue weighted by molar-refractivity contribution is -0.0712. The molecule has 7 nitrogen and oxygen atoms in total. The monoisotopic (exact) mass is 533 g/mol. The first-order valence-corrected chi connectivity index (χ1v) is 13.2. The van der Waals surface area contributed by atoms with Crippen molar-refractivity contribution in [2.75, 3.05) is 13.1 Å². The van der Waals surface area contributed by atoms with Gasteiger partial charge in [0.25, 0.3) is 5.79 Å². The maximum Gasteiger partial charge on any atom is 0.278 e. The number of fused-ring (bicyclic) bond motifs is 1. The van der Waals surface area contributed by atoms with E-state index < -0.39 is 11.6 Å². The quantitative estimate of drug-likeness (QED) is 0.313. The van der Waals surface area contributed by atoms with E-state index in [0.717, 1.165) is 60.6 Å². The number of benzene rings is 2. The minimum absolute atomic E-state index is 0.326. The van der Waals surface area contributed by atoms with E-state index in [9.17, 15) is 4.39 Å². The number of hydrogen-bond donors (Lipinski definition) is 0. The molecule has 0 amide bonds. The highest BCUT2D eigenvalue weighted by Crippen LogP contribution is 2.49. The van der Waals surface area contributed by atoms with Crippen LogP contribution >= 0.6 is 11.6 Å². The van der Waals surface area contributed by atoms with Gasteiger partial charge in [0.15, 0.2) is 11.5 Å². The van der Waals surface area contributed by atoms with E-state index in [1.54, 1.807) is 23.7 Å². The first-order chi connectivity index (χ1) is 18.3. The zero-order chi connectivity index (χ0) is 26.4. The number of ether oxygens (including phenoxy) is 2. The molecule has 2 aromatic carbocycles. The van der Waals surface area contributed by atoms with Gasteiger partial charge in [0.2, 0.25) is 0 Å². The van der Waals surface area contributed by atoms with Gasteiger partial charge in [-0.15, -0.1) is 5.10 Å². The zero-order valence-electron chi connectivity index (χ0n) is 21.6. The molecule has 2 aromatic heterocycles. The van der Waals surface area contributed by atoms with Gasteiger partial charge in [-0.05, 0) is 74.7 Å². The van der Waals surface area contributed by atoms with Crippen LogP contribution in [-0.2, 0) is 19.4 Å². The van der Waals surface area contributed by atoms with Gasteiger partial charge in [0.05, 0.1) is 17.5 Å². The third-order valence-electron chi connectivity index (χ3n) is 7.52. The van der Waals surface area contributed by atoms with Crippen LogP contribution in [0.2, 0.25) is 5.02 Å². The minimum atomic E-state index is -1.24. The van der Waals surface area contributed by atoms with E-state index in [1.165, 1.54) is 6.07 Å². The highest BCUT2D eigenvalue weighted by atomic mass is 35.5. The Balaban J connectivity index is 1.13. The Kier molecular flexibility index (Phi) is 6.32. The smallest absolute Gasteiger partial charge is 0.278 e. The molecule has 0 bridgehead atoms. The largest absolute Gasteiger partial charge is 0.444 e. The van der Waals surface area contributed by atoms with E-state index in [-0.39, 0.29) is 0 Å². The summed E-state index contributed by atoms with van der Waals surface area (Å²) in [5, 5.41) is 8.54. The highest BCUT2D eigenvalue weighted by molar-refractivity contribution is 6.30. The summed E-state index contributed by atoms with van der Waals surface area (Å²) in [5.74, 6) is -0.00887. The molecule has 2 aliphatic rings. The molecule has 4 aromatic rings. The molecule has 6 rings (SSSR count). The average Bonchev–Trinajstić information content (AvgIpc) is 3.48. The van der Waals surface area contributed by atoms with Crippen molar-refractivity contribution in [1.29, 1.82) is 0 Å². The normalized spacial score (nSPS) is 19.7. The Morgan fingerprint density at radius 2 is 1.95 bits per heavy atom. The van der Waals surface area contributed by atoms with Gasteiger partial charge in [-0.2, -0.15) is 0 Å². The fraction of sp³-hybridized carbons (Fsp3) is 0.345. The Labute approximate surface area is 226 Å². The number of para-hydroxylation sites is 1. The van der Waals surface area contributed by atoms with Gasteiger partial charge >= 0.3 is 0 Å². The van der Waals surface area contributed by atoms with Crippen LogP contribution in [0, 0.1) is 12.7 Å². The van der Waals surface area contributed by atoms with Crippen LogP contribution in [0.1, 0.15) is 48.1 Å². The van der Waals surface area contributed by atoms with Crippen molar-refractivity contribution in [3.63, 3.8) is 0 Å². The number of nitrogens with zero attached hydrogens (tertiary/aromatic N) is 5. The van der Waals surface area contributed by atoms with Crippen molar-refractivity contribution in [3.05, 3.63) is 88.1 Å². The Morgan fingerprint density at radius 3 is 2.66 bits per heavy atom. The van der Waals surface area contributed by atoms with Crippen LogP contribution in [0.4, 0.5) is 4.39 Å². The summed E-state index contributed by atoms with van der Waals surface area (Å²) < 4.78 is 28.9. The van der Waals surface area contributed by atoms with E-state index in [0.29, 0.717) is 28.0 Å². The molecule has 196 valence electrons. The van der Waals surface area contributed by atoms with Crippen molar-refractivity contribution in [3.8, 4) is 22.8 Å². The molecule has 4 heterocycles. The fourth-order valence-electron chi connectivity index (χ4n) is 5.44. The SMILES string of the molecule is Cc1cc(-c2cn(C)nn2)cnc1CN1CCC(c2cccc3c2O[C@@](C)(c2ccc(Cl)cc2F)O3)CC1. The zero-order valence-corrected chi connectivity index (χ0v) is 22.4. The molecule has 2 aliphatic heterocycles. The number of rotatable bonds is 5. The van der Waals surface area contributed by atoms with Crippen LogP contribution in [0.15, 0.2) is 54.9 Å². The second-order valence-electron chi connectivity index (χ2n) is 10.3. The molecule has 0 N–H and O–H groups in total.